The summed E-state index contributed by atoms with van der Waals surface area (Å²) in [6.07, 6.45) is 0. The third-order valence-electron chi connectivity index (χ3n) is 3.32. The van der Waals surface area contributed by atoms with E-state index in [4.69, 9.17) is 0 Å². The molecule has 0 aliphatic carbocycles. The summed E-state index contributed by atoms with van der Waals surface area (Å²) in [4.78, 5) is 24.7. The lowest BCUT2D eigenvalue weighted by Gasteiger charge is -2.32. The predicted octanol–water partition coefficient (Wildman–Crippen LogP) is 1.34. The molecule has 0 aromatic heterocycles. The molecule has 1 aliphatic heterocycles. The lowest BCUT2D eigenvalue weighted by atomic mass is 10.0. The first-order valence-corrected chi connectivity index (χ1v) is 6.27. The number of hydrogen-bond acceptors (Lipinski definition) is 4. The fraction of sp³-hybridized carbons (Fsp3) is 0.462. The molecule has 19 heavy (non-hydrogen) atoms. The molecule has 0 spiro atoms. The van der Waals surface area contributed by atoms with E-state index in [-0.39, 0.29) is 23.2 Å². The van der Waals surface area contributed by atoms with Gasteiger partial charge in [-0.25, -0.2) is 0 Å². The Hall–Kier alpha value is -1.95. The van der Waals surface area contributed by atoms with Gasteiger partial charge in [0.15, 0.2) is 0 Å². The molecular weight excluding hydrogens is 246 g/mol. The van der Waals surface area contributed by atoms with E-state index in [1.165, 1.54) is 6.07 Å². The van der Waals surface area contributed by atoms with Crippen LogP contribution < -0.4 is 5.32 Å². The molecule has 0 saturated carbocycles. The highest BCUT2D eigenvalue weighted by Gasteiger charge is 2.28. The van der Waals surface area contributed by atoms with Crippen molar-refractivity contribution in [3.8, 4) is 0 Å². The number of carbonyl (C=O) groups is 1. The zero-order valence-electron chi connectivity index (χ0n) is 11.0. The lowest BCUT2D eigenvalue weighted by Crippen LogP contribution is -2.51. The van der Waals surface area contributed by atoms with Crippen LogP contribution in [0, 0.1) is 17.0 Å². The minimum atomic E-state index is -0.494. The van der Waals surface area contributed by atoms with Gasteiger partial charge < -0.3 is 10.2 Å². The van der Waals surface area contributed by atoms with Gasteiger partial charge >= 0.3 is 0 Å². The average molecular weight is 263 g/mol. The van der Waals surface area contributed by atoms with Gasteiger partial charge in [-0.3, -0.25) is 14.9 Å². The number of nitro benzene ring substituents is 1. The maximum Gasteiger partial charge on any atom is 0.282 e. The van der Waals surface area contributed by atoms with Crippen LogP contribution in [0.15, 0.2) is 18.2 Å². The molecule has 1 aromatic carbocycles. The van der Waals surface area contributed by atoms with Gasteiger partial charge in [-0.05, 0) is 19.4 Å². The van der Waals surface area contributed by atoms with Crippen molar-refractivity contribution < 1.29 is 9.72 Å². The number of aryl methyl sites for hydroxylation is 1. The Balaban J connectivity index is 2.35. The number of hydrogen-bond donors (Lipinski definition) is 1. The molecule has 0 bridgehead atoms. The van der Waals surface area contributed by atoms with E-state index in [0.717, 1.165) is 0 Å². The van der Waals surface area contributed by atoms with Gasteiger partial charge in [-0.15, -0.1) is 0 Å². The van der Waals surface area contributed by atoms with E-state index in [2.05, 4.69) is 5.32 Å². The van der Waals surface area contributed by atoms with Crippen molar-refractivity contribution in [1.82, 2.24) is 10.2 Å². The number of amides is 1. The Morgan fingerprint density at radius 3 is 2.89 bits per heavy atom. The smallest absolute Gasteiger partial charge is 0.282 e. The van der Waals surface area contributed by atoms with Gasteiger partial charge in [-0.2, -0.15) is 0 Å². The molecule has 1 heterocycles. The molecule has 1 aromatic rings. The first-order valence-electron chi connectivity index (χ1n) is 6.27. The highest BCUT2D eigenvalue weighted by Crippen LogP contribution is 2.23. The Morgan fingerprint density at radius 2 is 2.26 bits per heavy atom. The molecule has 1 atom stereocenters. The molecule has 0 unspecified atom stereocenters. The highest BCUT2D eigenvalue weighted by atomic mass is 16.6. The third kappa shape index (κ3) is 2.73. The van der Waals surface area contributed by atoms with Crippen LogP contribution in [0.4, 0.5) is 5.69 Å². The van der Waals surface area contributed by atoms with Crippen molar-refractivity contribution in [1.29, 1.82) is 0 Å². The fourth-order valence-electron chi connectivity index (χ4n) is 2.36. The summed E-state index contributed by atoms with van der Waals surface area (Å²) < 4.78 is 0. The monoisotopic (exact) mass is 263 g/mol. The van der Waals surface area contributed by atoms with Gasteiger partial charge in [0, 0.05) is 31.7 Å². The van der Waals surface area contributed by atoms with Gasteiger partial charge in [0.1, 0.15) is 5.56 Å². The quantitative estimate of drug-likeness (QED) is 0.645. The van der Waals surface area contributed by atoms with Gasteiger partial charge in [0.25, 0.3) is 11.6 Å². The minimum Gasteiger partial charge on any atom is -0.336 e. The second kappa shape index (κ2) is 5.36. The van der Waals surface area contributed by atoms with Crippen LogP contribution in [0.25, 0.3) is 0 Å². The topological polar surface area (TPSA) is 75.5 Å². The van der Waals surface area contributed by atoms with Crippen LogP contribution in [-0.4, -0.2) is 41.4 Å². The Morgan fingerprint density at radius 1 is 1.53 bits per heavy atom. The molecule has 102 valence electrons. The maximum atomic E-state index is 12.5. The van der Waals surface area contributed by atoms with E-state index in [9.17, 15) is 14.9 Å². The van der Waals surface area contributed by atoms with Crippen molar-refractivity contribution in [3.05, 3.63) is 39.4 Å². The fourth-order valence-corrected chi connectivity index (χ4v) is 2.36. The van der Waals surface area contributed by atoms with E-state index >= 15 is 0 Å². The van der Waals surface area contributed by atoms with E-state index in [1.54, 1.807) is 24.0 Å². The van der Waals surface area contributed by atoms with Crippen molar-refractivity contribution in [2.45, 2.75) is 19.9 Å². The first-order chi connectivity index (χ1) is 9.00. The zero-order chi connectivity index (χ0) is 14.0. The van der Waals surface area contributed by atoms with E-state index < -0.39 is 4.92 Å². The van der Waals surface area contributed by atoms with Crippen LogP contribution in [-0.2, 0) is 0 Å². The number of piperazine rings is 1. The van der Waals surface area contributed by atoms with Crippen LogP contribution in [0.3, 0.4) is 0 Å². The molecular formula is C13H17N3O3. The molecule has 6 nitrogen and oxygen atoms in total. The van der Waals surface area contributed by atoms with Crippen LogP contribution in [0.2, 0.25) is 0 Å². The summed E-state index contributed by atoms with van der Waals surface area (Å²) >= 11 is 0. The summed E-state index contributed by atoms with van der Waals surface area (Å²) in [6, 6.07) is 4.92. The van der Waals surface area contributed by atoms with E-state index in [1.807, 2.05) is 6.92 Å². The van der Waals surface area contributed by atoms with Crippen LogP contribution >= 0.6 is 0 Å². The Labute approximate surface area is 111 Å². The zero-order valence-corrected chi connectivity index (χ0v) is 11.0. The van der Waals surface area contributed by atoms with Gasteiger partial charge in [0.05, 0.1) is 4.92 Å². The number of nitro groups is 1. The van der Waals surface area contributed by atoms with E-state index in [0.29, 0.717) is 25.2 Å². The highest BCUT2D eigenvalue weighted by molar-refractivity contribution is 5.99. The largest absolute Gasteiger partial charge is 0.336 e. The average Bonchev–Trinajstić information content (AvgIpc) is 2.37. The standard InChI is InChI=1S/C13H17N3O3/c1-9-4-3-5-11(16(18)19)12(9)13(17)15-7-6-14-10(2)8-15/h3-5,10,14H,6-8H2,1-2H3/t10-/m0/s1. The second-order valence-corrected chi connectivity index (χ2v) is 4.83. The van der Waals surface area contributed by atoms with Crippen LogP contribution in [0.5, 0.6) is 0 Å². The number of rotatable bonds is 2. The SMILES string of the molecule is Cc1cccc([N+](=O)[O-])c1C(=O)N1CCN[C@@H](C)C1. The van der Waals surface area contributed by atoms with Crippen molar-refractivity contribution in [3.63, 3.8) is 0 Å². The first kappa shape index (κ1) is 13.5. The summed E-state index contributed by atoms with van der Waals surface area (Å²) in [5, 5.41) is 14.3. The molecule has 6 heteroatoms. The maximum absolute atomic E-state index is 12.5. The third-order valence-corrected chi connectivity index (χ3v) is 3.32. The van der Waals surface area contributed by atoms with Gasteiger partial charge in [-0.1, -0.05) is 12.1 Å². The van der Waals surface area contributed by atoms with Crippen molar-refractivity contribution >= 4 is 11.6 Å². The number of benzene rings is 1. The predicted molar refractivity (Wildman–Crippen MR) is 71.2 cm³/mol. The lowest BCUT2D eigenvalue weighted by molar-refractivity contribution is -0.385. The van der Waals surface area contributed by atoms with Gasteiger partial charge in [0.2, 0.25) is 0 Å². The summed E-state index contributed by atoms with van der Waals surface area (Å²) in [7, 11) is 0. The van der Waals surface area contributed by atoms with Crippen LogP contribution in [0.1, 0.15) is 22.8 Å². The number of nitrogens with zero attached hydrogens (tertiary/aromatic N) is 2. The molecule has 1 amide bonds. The molecule has 2 rings (SSSR count). The molecule has 1 fully saturated rings. The van der Waals surface area contributed by atoms with Crippen molar-refractivity contribution in [2.75, 3.05) is 19.6 Å². The molecule has 1 saturated heterocycles. The second-order valence-electron chi connectivity index (χ2n) is 4.83. The Kier molecular flexibility index (Phi) is 3.80. The molecule has 1 N–H and O–H groups in total. The summed E-state index contributed by atoms with van der Waals surface area (Å²) in [5.74, 6) is -0.252. The number of carbonyl (C=O) groups excluding carboxylic acids is 1. The molecule has 1 aliphatic rings. The van der Waals surface area contributed by atoms with Crippen molar-refractivity contribution in [2.24, 2.45) is 0 Å². The normalized spacial score (nSPS) is 19.3. The number of nitrogens with one attached hydrogen (secondary N) is 1. The Bertz CT molecular complexity index is 516. The summed E-state index contributed by atoms with van der Waals surface area (Å²) in [6.45, 7) is 5.59. The minimum absolute atomic E-state index is 0.115. The summed E-state index contributed by atoms with van der Waals surface area (Å²) in [5.41, 5.74) is 0.739. The molecule has 0 radical (unpaired) electrons.